The van der Waals surface area contributed by atoms with Crippen molar-refractivity contribution in [2.24, 2.45) is 0 Å². The molecule has 5 nitrogen and oxygen atoms in total. The Hall–Kier alpha value is -1.08. The third-order valence-electron chi connectivity index (χ3n) is 2.55. The third kappa shape index (κ3) is 2.24. The minimum Gasteiger partial charge on any atom is -0.286 e. The molecule has 2 aromatic heterocycles. The van der Waals surface area contributed by atoms with E-state index < -0.39 is 0 Å². The van der Waals surface area contributed by atoms with Crippen molar-refractivity contribution in [1.29, 1.82) is 0 Å². The molecule has 0 saturated carbocycles. The van der Waals surface area contributed by atoms with Crippen LogP contribution in [-0.2, 0) is 6.42 Å². The molecule has 0 aliphatic rings. The molecule has 2 aromatic rings. The molecular weight excluding hydrogens is 316 g/mol. The maximum Gasteiger partial charge on any atom is 0.225 e. The molecule has 7 heteroatoms. The van der Waals surface area contributed by atoms with Crippen LogP contribution in [0.2, 0.25) is 0 Å². The highest BCUT2D eigenvalue weighted by atomic mass is 79.9. The number of aryl methyl sites for hydroxylation is 1. The maximum absolute atomic E-state index is 12.5. The minimum atomic E-state index is -0.0695. The van der Waals surface area contributed by atoms with Crippen LogP contribution in [0.4, 0.5) is 0 Å². The van der Waals surface area contributed by atoms with Crippen LogP contribution < -0.4 is 0 Å². The Morgan fingerprint density at radius 1 is 1.56 bits per heavy atom. The van der Waals surface area contributed by atoms with E-state index in [0.717, 1.165) is 17.2 Å². The second-order valence-corrected chi connectivity index (χ2v) is 5.72. The van der Waals surface area contributed by atoms with Gasteiger partial charge in [0.05, 0.1) is 16.4 Å². The summed E-state index contributed by atoms with van der Waals surface area (Å²) < 4.78 is 6.27. The zero-order chi connectivity index (χ0) is 13.3. The molecular formula is C11H13BrN4OS. The molecule has 2 rings (SSSR count). The first-order chi connectivity index (χ1) is 8.56. The van der Waals surface area contributed by atoms with Gasteiger partial charge >= 0.3 is 0 Å². The second kappa shape index (κ2) is 5.27. The van der Waals surface area contributed by atoms with Crippen LogP contribution in [0.25, 0.3) is 0 Å². The summed E-state index contributed by atoms with van der Waals surface area (Å²) in [5.74, 6) is -0.0695. The monoisotopic (exact) mass is 328 g/mol. The number of carbonyl (C=O) groups excluding carboxylic acids is 1. The molecule has 0 bridgehead atoms. The van der Waals surface area contributed by atoms with Crippen molar-refractivity contribution in [1.82, 2.24) is 19.4 Å². The molecule has 0 radical (unpaired) electrons. The fraction of sp³-hybridized carbons (Fsp3) is 0.455. The highest BCUT2D eigenvalue weighted by Gasteiger charge is 2.24. The Labute approximate surface area is 118 Å². The van der Waals surface area contributed by atoms with Gasteiger partial charge in [-0.15, -0.1) is 5.10 Å². The number of carbonyl (C=O) groups is 1. The van der Waals surface area contributed by atoms with Crippen LogP contribution in [0.5, 0.6) is 0 Å². The number of halogens is 1. The molecule has 0 aliphatic heterocycles. The van der Waals surface area contributed by atoms with Gasteiger partial charge in [-0.05, 0) is 47.7 Å². The van der Waals surface area contributed by atoms with Gasteiger partial charge in [-0.1, -0.05) is 11.4 Å². The quantitative estimate of drug-likeness (QED) is 0.809. The maximum atomic E-state index is 12.5. The summed E-state index contributed by atoms with van der Waals surface area (Å²) in [5.41, 5.74) is 1.30. The van der Waals surface area contributed by atoms with Gasteiger partial charge < -0.3 is 0 Å². The van der Waals surface area contributed by atoms with Gasteiger partial charge in [0.1, 0.15) is 10.6 Å². The van der Waals surface area contributed by atoms with E-state index >= 15 is 0 Å². The fourth-order valence-electron chi connectivity index (χ4n) is 1.67. The van der Waals surface area contributed by atoms with Crippen LogP contribution in [-0.4, -0.2) is 25.2 Å². The lowest BCUT2D eigenvalue weighted by atomic mass is 10.2. The van der Waals surface area contributed by atoms with Crippen molar-refractivity contribution < 1.29 is 4.79 Å². The lowest BCUT2D eigenvalue weighted by Gasteiger charge is -2.09. The van der Waals surface area contributed by atoms with E-state index in [-0.39, 0.29) is 11.8 Å². The van der Waals surface area contributed by atoms with E-state index in [9.17, 15) is 4.79 Å². The van der Waals surface area contributed by atoms with Crippen molar-refractivity contribution >= 4 is 33.2 Å². The Kier molecular flexibility index (Phi) is 3.91. The Morgan fingerprint density at radius 2 is 2.28 bits per heavy atom. The third-order valence-corrected chi connectivity index (χ3v) is 3.90. The topological polar surface area (TPSA) is 60.7 Å². The zero-order valence-corrected chi connectivity index (χ0v) is 12.7. The molecule has 0 unspecified atom stereocenters. The average Bonchev–Trinajstić information content (AvgIpc) is 2.93. The molecule has 0 aliphatic carbocycles. The van der Waals surface area contributed by atoms with Crippen molar-refractivity contribution in [2.45, 2.75) is 33.2 Å². The summed E-state index contributed by atoms with van der Waals surface area (Å²) in [7, 11) is 0. The highest BCUT2D eigenvalue weighted by Crippen LogP contribution is 2.25. The fourth-order valence-corrected chi connectivity index (χ4v) is 2.81. The van der Waals surface area contributed by atoms with Gasteiger partial charge in [-0.2, -0.15) is 5.10 Å². The zero-order valence-electron chi connectivity index (χ0n) is 10.3. The summed E-state index contributed by atoms with van der Waals surface area (Å²) in [6.45, 7) is 5.94. The summed E-state index contributed by atoms with van der Waals surface area (Å²) in [6.07, 6.45) is 2.35. The Balaban J connectivity index is 2.49. The summed E-state index contributed by atoms with van der Waals surface area (Å²) >= 11 is 4.51. The van der Waals surface area contributed by atoms with Gasteiger partial charge in [-0.3, -0.25) is 9.48 Å². The summed E-state index contributed by atoms with van der Waals surface area (Å²) in [4.78, 5) is 13.1. The number of ketones is 1. The normalized spacial score (nSPS) is 11.2. The molecule has 0 aromatic carbocycles. The number of rotatable bonds is 4. The van der Waals surface area contributed by atoms with E-state index in [1.54, 1.807) is 10.9 Å². The number of hydrogen-bond acceptors (Lipinski definition) is 5. The number of aromatic nitrogens is 4. The summed E-state index contributed by atoms with van der Waals surface area (Å²) in [5, 5.41) is 8.19. The van der Waals surface area contributed by atoms with Gasteiger partial charge in [0.2, 0.25) is 5.78 Å². The molecule has 0 spiro atoms. The molecule has 18 heavy (non-hydrogen) atoms. The van der Waals surface area contributed by atoms with Gasteiger partial charge in [0.25, 0.3) is 0 Å². The second-order valence-electron chi connectivity index (χ2n) is 4.11. The van der Waals surface area contributed by atoms with Crippen LogP contribution >= 0.6 is 27.5 Å². The first-order valence-electron chi connectivity index (χ1n) is 5.65. The van der Waals surface area contributed by atoms with Crippen molar-refractivity contribution in [3.8, 4) is 0 Å². The lowest BCUT2D eigenvalue weighted by Crippen LogP contribution is -2.14. The average molecular weight is 329 g/mol. The number of hydrogen-bond donors (Lipinski definition) is 0. The standard InChI is InChI=1S/C11H13BrN4OS/c1-4-8-11(18-15-14-8)10(17)9-7(12)5-13-16(9)6(2)3/h5-6H,4H2,1-3H3. The molecule has 2 heterocycles. The largest absolute Gasteiger partial charge is 0.286 e. The van der Waals surface area contributed by atoms with Crippen LogP contribution in [0.1, 0.15) is 47.9 Å². The Morgan fingerprint density at radius 3 is 2.89 bits per heavy atom. The van der Waals surface area contributed by atoms with Crippen molar-refractivity contribution in [2.75, 3.05) is 0 Å². The molecule has 0 N–H and O–H groups in total. The molecule has 0 saturated heterocycles. The van der Waals surface area contributed by atoms with E-state index in [1.165, 1.54) is 0 Å². The van der Waals surface area contributed by atoms with Gasteiger partial charge in [0, 0.05) is 6.04 Å². The van der Waals surface area contributed by atoms with E-state index in [4.69, 9.17) is 0 Å². The first kappa shape index (κ1) is 13.4. The molecule has 0 fully saturated rings. The summed E-state index contributed by atoms with van der Waals surface area (Å²) in [6, 6.07) is 0.126. The van der Waals surface area contributed by atoms with E-state index in [1.807, 2.05) is 20.8 Å². The predicted octanol–water partition coefficient (Wildman–Crippen LogP) is 2.87. The number of nitrogens with zero attached hydrogens (tertiary/aromatic N) is 4. The molecule has 0 atom stereocenters. The van der Waals surface area contributed by atoms with Crippen molar-refractivity contribution in [3.05, 3.63) is 26.9 Å². The van der Waals surface area contributed by atoms with Gasteiger partial charge in [-0.25, -0.2) is 0 Å². The highest BCUT2D eigenvalue weighted by molar-refractivity contribution is 9.10. The van der Waals surface area contributed by atoms with Crippen LogP contribution in [0, 0.1) is 0 Å². The van der Waals surface area contributed by atoms with Crippen LogP contribution in [0.3, 0.4) is 0 Å². The van der Waals surface area contributed by atoms with E-state index in [0.29, 0.717) is 21.5 Å². The Bertz CT molecular complexity index is 575. The minimum absolute atomic E-state index is 0.0695. The lowest BCUT2D eigenvalue weighted by molar-refractivity contribution is 0.102. The SMILES string of the molecule is CCc1nnsc1C(=O)c1c(Br)cnn1C(C)C. The molecule has 0 amide bonds. The van der Waals surface area contributed by atoms with Crippen LogP contribution in [0.15, 0.2) is 10.7 Å². The first-order valence-corrected chi connectivity index (χ1v) is 7.21. The predicted molar refractivity (Wildman–Crippen MR) is 73.0 cm³/mol. The van der Waals surface area contributed by atoms with Gasteiger partial charge in [0.15, 0.2) is 0 Å². The van der Waals surface area contributed by atoms with E-state index in [2.05, 4.69) is 30.6 Å². The smallest absolute Gasteiger partial charge is 0.225 e. The molecule has 96 valence electrons. The van der Waals surface area contributed by atoms with Crippen molar-refractivity contribution in [3.63, 3.8) is 0 Å².